The molecular weight excluding hydrogens is 378 g/mol. The molecule has 0 atom stereocenters. The average Bonchev–Trinajstić information content (AvgIpc) is 3.23. The third-order valence-corrected chi connectivity index (χ3v) is 5.47. The van der Waals surface area contributed by atoms with Crippen molar-refractivity contribution in [2.45, 2.75) is 19.8 Å². The fraction of sp³-hybridized carbons (Fsp3) is 0.174. The molecule has 0 radical (unpaired) electrons. The molecule has 4 heterocycles. The lowest BCUT2D eigenvalue weighted by Crippen LogP contribution is -2.29. The van der Waals surface area contributed by atoms with Gasteiger partial charge in [-0.3, -0.25) is 14.6 Å². The highest BCUT2D eigenvalue weighted by molar-refractivity contribution is 6.38. The number of benzene rings is 1. The molecule has 0 aliphatic carbocycles. The Kier molecular flexibility index (Phi) is 3.99. The number of amides is 2. The smallest absolute Gasteiger partial charge is 0.267 e. The van der Waals surface area contributed by atoms with Gasteiger partial charge in [-0.05, 0) is 35.7 Å². The van der Waals surface area contributed by atoms with Crippen LogP contribution in [0.25, 0.3) is 22.3 Å². The van der Waals surface area contributed by atoms with Gasteiger partial charge >= 0.3 is 0 Å². The molecule has 0 saturated heterocycles. The summed E-state index contributed by atoms with van der Waals surface area (Å²) in [6, 6.07) is 11.2. The quantitative estimate of drug-likeness (QED) is 0.489. The minimum Gasteiger partial charge on any atom is -0.268 e. The van der Waals surface area contributed by atoms with E-state index in [1.165, 1.54) is 11.1 Å². The van der Waals surface area contributed by atoms with Gasteiger partial charge in [0.2, 0.25) is 0 Å². The van der Waals surface area contributed by atoms with Crippen LogP contribution in [0.15, 0.2) is 55.0 Å². The summed E-state index contributed by atoms with van der Waals surface area (Å²) in [5.41, 5.74) is 4.31. The Balaban J connectivity index is 1.70. The summed E-state index contributed by atoms with van der Waals surface area (Å²) < 4.78 is 1.63. The van der Waals surface area contributed by atoms with Crippen LogP contribution in [-0.4, -0.2) is 31.6 Å². The summed E-state index contributed by atoms with van der Waals surface area (Å²) >= 11 is 0. The summed E-state index contributed by atoms with van der Waals surface area (Å²) in [6.07, 6.45) is 4.81. The number of hydrogen-bond donors (Lipinski definition) is 0. The minimum atomic E-state index is -0.369. The van der Waals surface area contributed by atoms with Gasteiger partial charge in [0.15, 0.2) is 5.65 Å². The lowest BCUT2D eigenvalue weighted by molar-refractivity contribution is 0.0926. The number of carbonyl (C=O) groups excluding carboxylic acids is 2. The Hall–Kier alpha value is -3.87. The molecule has 30 heavy (non-hydrogen) atoms. The molecule has 0 saturated carbocycles. The van der Waals surface area contributed by atoms with Crippen LogP contribution < -0.4 is 4.90 Å². The second kappa shape index (κ2) is 6.59. The molecule has 7 nitrogen and oxygen atoms in total. The summed E-state index contributed by atoms with van der Waals surface area (Å²) in [7, 11) is 1.77. The van der Waals surface area contributed by atoms with E-state index in [4.69, 9.17) is 0 Å². The van der Waals surface area contributed by atoms with E-state index in [0.717, 1.165) is 11.1 Å². The number of rotatable bonds is 3. The Bertz CT molecular complexity index is 1310. The van der Waals surface area contributed by atoms with Gasteiger partial charge in [0.1, 0.15) is 5.69 Å². The van der Waals surface area contributed by atoms with Crippen LogP contribution in [0.3, 0.4) is 0 Å². The van der Waals surface area contributed by atoms with Gasteiger partial charge in [-0.1, -0.05) is 26.0 Å². The lowest BCUT2D eigenvalue weighted by Gasteiger charge is -2.15. The van der Waals surface area contributed by atoms with Crippen molar-refractivity contribution >= 4 is 28.5 Å². The summed E-state index contributed by atoms with van der Waals surface area (Å²) in [6.45, 7) is 4.20. The van der Waals surface area contributed by atoms with Crippen molar-refractivity contribution in [1.82, 2.24) is 19.7 Å². The Morgan fingerprint density at radius 3 is 2.30 bits per heavy atom. The van der Waals surface area contributed by atoms with Crippen LogP contribution >= 0.6 is 0 Å². The van der Waals surface area contributed by atoms with Crippen LogP contribution in [0, 0.1) is 0 Å². The maximum absolute atomic E-state index is 13.5. The maximum Gasteiger partial charge on any atom is 0.267 e. The van der Waals surface area contributed by atoms with Crippen LogP contribution in [-0.2, 0) is 7.05 Å². The molecule has 0 unspecified atom stereocenters. The summed E-state index contributed by atoms with van der Waals surface area (Å²) in [4.78, 5) is 36.3. The molecule has 3 aromatic heterocycles. The first-order valence-electron chi connectivity index (χ1n) is 9.72. The van der Waals surface area contributed by atoms with Crippen molar-refractivity contribution in [3.05, 3.63) is 71.7 Å². The zero-order valence-electron chi connectivity index (χ0n) is 16.8. The Labute approximate surface area is 173 Å². The lowest BCUT2D eigenvalue weighted by atomic mass is 10.0. The van der Waals surface area contributed by atoms with Gasteiger partial charge in [0.05, 0.1) is 22.2 Å². The number of hydrogen-bond acceptors (Lipinski definition) is 5. The molecule has 7 heteroatoms. The third kappa shape index (κ3) is 2.55. The van der Waals surface area contributed by atoms with E-state index in [1.54, 1.807) is 24.1 Å². The van der Waals surface area contributed by atoms with E-state index in [0.29, 0.717) is 39.5 Å². The highest BCUT2D eigenvalue weighted by Gasteiger charge is 2.40. The predicted octanol–water partition coefficient (Wildman–Crippen LogP) is 3.95. The molecule has 1 aromatic carbocycles. The number of imide groups is 1. The van der Waals surface area contributed by atoms with Crippen molar-refractivity contribution < 1.29 is 9.59 Å². The molecule has 148 valence electrons. The van der Waals surface area contributed by atoms with Crippen LogP contribution in [0.5, 0.6) is 0 Å². The van der Waals surface area contributed by atoms with Crippen LogP contribution in [0.2, 0.25) is 0 Å². The molecule has 0 bridgehead atoms. The molecule has 2 amide bonds. The second-order valence-electron chi connectivity index (χ2n) is 7.65. The monoisotopic (exact) mass is 397 g/mol. The first-order chi connectivity index (χ1) is 14.5. The number of nitrogens with zero attached hydrogens (tertiary/aromatic N) is 5. The molecule has 1 aliphatic heterocycles. The molecule has 5 rings (SSSR count). The van der Waals surface area contributed by atoms with Crippen molar-refractivity contribution in [2.75, 3.05) is 4.90 Å². The number of anilines is 1. The van der Waals surface area contributed by atoms with Crippen molar-refractivity contribution in [1.29, 1.82) is 0 Å². The fourth-order valence-corrected chi connectivity index (χ4v) is 3.88. The SMILES string of the molecule is CC(C)c1ccc(N2C(=O)c3cnc4c(c(-c5ccncc5)nn4C)c3C2=O)cc1. The molecule has 0 fully saturated rings. The van der Waals surface area contributed by atoms with E-state index in [9.17, 15) is 9.59 Å². The van der Waals surface area contributed by atoms with Crippen molar-refractivity contribution in [3.63, 3.8) is 0 Å². The molecule has 1 aliphatic rings. The Morgan fingerprint density at radius 2 is 1.63 bits per heavy atom. The van der Waals surface area contributed by atoms with Gasteiger partial charge in [-0.15, -0.1) is 0 Å². The van der Waals surface area contributed by atoms with Gasteiger partial charge in [-0.25, -0.2) is 14.6 Å². The predicted molar refractivity (Wildman–Crippen MR) is 113 cm³/mol. The fourth-order valence-electron chi connectivity index (χ4n) is 3.88. The van der Waals surface area contributed by atoms with Gasteiger partial charge in [0, 0.05) is 31.2 Å². The molecule has 0 N–H and O–H groups in total. The van der Waals surface area contributed by atoms with E-state index < -0.39 is 0 Å². The highest BCUT2D eigenvalue weighted by atomic mass is 16.2. The number of fused-ring (bicyclic) bond motifs is 3. The molecular formula is C23H19N5O2. The third-order valence-electron chi connectivity index (χ3n) is 5.47. The maximum atomic E-state index is 13.5. The van der Waals surface area contributed by atoms with Crippen molar-refractivity contribution in [2.24, 2.45) is 7.05 Å². The summed E-state index contributed by atoms with van der Waals surface area (Å²) in [5, 5.41) is 5.15. The summed E-state index contributed by atoms with van der Waals surface area (Å²) in [5.74, 6) is -0.363. The van der Waals surface area contributed by atoms with Crippen LogP contribution in [0.1, 0.15) is 46.0 Å². The topological polar surface area (TPSA) is 81.0 Å². The second-order valence-corrected chi connectivity index (χ2v) is 7.65. The number of aryl methyl sites for hydroxylation is 1. The van der Waals surface area contributed by atoms with Crippen molar-refractivity contribution in [3.8, 4) is 11.3 Å². The normalized spacial score (nSPS) is 13.5. The molecule has 4 aromatic rings. The highest BCUT2D eigenvalue weighted by Crippen LogP contribution is 2.37. The molecule has 0 spiro atoms. The first kappa shape index (κ1) is 18.2. The van der Waals surface area contributed by atoms with Gasteiger partial charge < -0.3 is 0 Å². The Morgan fingerprint density at radius 1 is 0.933 bits per heavy atom. The first-order valence-corrected chi connectivity index (χ1v) is 9.72. The largest absolute Gasteiger partial charge is 0.268 e. The number of aromatic nitrogens is 4. The average molecular weight is 397 g/mol. The zero-order chi connectivity index (χ0) is 21.0. The zero-order valence-corrected chi connectivity index (χ0v) is 16.8. The van der Waals surface area contributed by atoms with E-state index in [1.807, 2.05) is 36.4 Å². The van der Waals surface area contributed by atoms with E-state index in [-0.39, 0.29) is 11.8 Å². The van der Waals surface area contributed by atoms with Gasteiger partial charge in [0.25, 0.3) is 11.8 Å². The minimum absolute atomic E-state index is 0.295. The van der Waals surface area contributed by atoms with E-state index in [2.05, 4.69) is 28.9 Å². The van der Waals surface area contributed by atoms with E-state index >= 15 is 0 Å². The van der Waals surface area contributed by atoms with Gasteiger partial charge in [-0.2, -0.15) is 5.10 Å². The van der Waals surface area contributed by atoms with Crippen LogP contribution in [0.4, 0.5) is 5.69 Å². The number of pyridine rings is 2. The standard InChI is InChI=1S/C23H19N5O2/c1-13(2)14-4-6-16(7-5-14)28-22(29)17-12-25-21-19(18(17)23(28)30)20(26-27(21)3)15-8-10-24-11-9-15/h4-13H,1-3H3. The number of carbonyl (C=O) groups is 2.